The molecule has 0 aromatic heterocycles. The molecule has 0 saturated heterocycles. The molecule has 1 unspecified atom stereocenters. The molecule has 2 aliphatic rings. The van der Waals surface area contributed by atoms with Crippen LogP contribution in [-0.2, 0) is 0 Å². The van der Waals surface area contributed by atoms with Gasteiger partial charge in [-0.1, -0.05) is 0 Å². The SMILES string of the molecule is ON1C=C(F)C=C2CC=NC21. The summed E-state index contributed by atoms with van der Waals surface area (Å²) in [6.45, 7) is 0. The fourth-order valence-electron chi connectivity index (χ4n) is 1.24. The first-order chi connectivity index (χ1) is 5.27. The lowest BCUT2D eigenvalue weighted by Crippen LogP contribution is -2.27. The summed E-state index contributed by atoms with van der Waals surface area (Å²) < 4.78 is 12.6. The Kier molecular flexibility index (Phi) is 1.29. The van der Waals surface area contributed by atoms with Gasteiger partial charge in [-0.3, -0.25) is 10.2 Å². The van der Waals surface area contributed by atoms with E-state index >= 15 is 0 Å². The Morgan fingerprint density at radius 2 is 2.55 bits per heavy atom. The van der Waals surface area contributed by atoms with E-state index in [2.05, 4.69) is 4.99 Å². The second kappa shape index (κ2) is 2.17. The number of nitrogens with zero attached hydrogens (tertiary/aromatic N) is 2. The molecule has 0 saturated carbocycles. The number of hydroxylamine groups is 2. The molecule has 0 radical (unpaired) electrons. The Balaban J connectivity index is 2.34. The molecule has 0 spiro atoms. The summed E-state index contributed by atoms with van der Waals surface area (Å²) in [7, 11) is 0. The van der Waals surface area contributed by atoms with Gasteiger partial charge in [0.15, 0.2) is 6.17 Å². The zero-order chi connectivity index (χ0) is 7.84. The normalized spacial score (nSPS) is 28.2. The van der Waals surface area contributed by atoms with Crippen LogP contribution in [0.3, 0.4) is 0 Å². The number of halogens is 1. The summed E-state index contributed by atoms with van der Waals surface area (Å²) in [6.07, 6.45) is 4.35. The van der Waals surface area contributed by atoms with Crippen LogP contribution < -0.4 is 0 Å². The van der Waals surface area contributed by atoms with Crippen molar-refractivity contribution in [3.63, 3.8) is 0 Å². The number of hydrogen-bond donors (Lipinski definition) is 1. The van der Waals surface area contributed by atoms with Crippen LogP contribution in [0.4, 0.5) is 4.39 Å². The Bertz CT molecular complexity index is 270. The molecular formula is C7H7FN2O. The number of allylic oxidation sites excluding steroid dienone is 2. The first kappa shape index (κ1) is 6.54. The van der Waals surface area contributed by atoms with Crippen molar-refractivity contribution < 1.29 is 9.60 Å². The van der Waals surface area contributed by atoms with Gasteiger partial charge >= 0.3 is 0 Å². The highest BCUT2D eigenvalue weighted by molar-refractivity contribution is 5.67. The van der Waals surface area contributed by atoms with Gasteiger partial charge in [-0.25, -0.2) is 9.45 Å². The summed E-state index contributed by atoms with van der Waals surface area (Å²) in [5.74, 6) is -0.427. The summed E-state index contributed by atoms with van der Waals surface area (Å²) in [6, 6.07) is 0. The van der Waals surface area contributed by atoms with Crippen LogP contribution in [0.1, 0.15) is 6.42 Å². The average Bonchev–Trinajstić information content (AvgIpc) is 2.34. The number of rotatable bonds is 0. The molecule has 0 aliphatic carbocycles. The Morgan fingerprint density at radius 1 is 1.73 bits per heavy atom. The number of aliphatic imine (C=N–C) groups is 1. The van der Waals surface area contributed by atoms with Crippen LogP contribution in [0.15, 0.2) is 28.7 Å². The van der Waals surface area contributed by atoms with Gasteiger partial charge < -0.3 is 0 Å². The largest absolute Gasteiger partial charge is 0.286 e. The molecule has 4 heteroatoms. The van der Waals surface area contributed by atoms with Crippen LogP contribution >= 0.6 is 0 Å². The molecule has 58 valence electrons. The zero-order valence-corrected chi connectivity index (χ0v) is 5.74. The summed E-state index contributed by atoms with van der Waals surface area (Å²) in [5.41, 5.74) is 0.799. The Hall–Kier alpha value is -1.16. The lowest BCUT2D eigenvalue weighted by atomic mass is 10.1. The summed E-state index contributed by atoms with van der Waals surface area (Å²) >= 11 is 0. The zero-order valence-electron chi connectivity index (χ0n) is 5.74. The Labute approximate surface area is 63.1 Å². The van der Waals surface area contributed by atoms with Gasteiger partial charge in [0.2, 0.25) is 0 Å². The minimum atomic E-state index is -0.427. The fraction of sp³-hybridized carbons (Fsp3) is 0.286. The molecular weight excluding hydrogens is 147 g/mol. The van der Waals surface area contributed by atoms with Crippen molar-refractivity contribution in [2.24, 2.45) is 4.99 Å². The quantitative estimate of drug-likeness (QED) is 0.569. The third-order valence-electron chi connectivity index (χ3n) is 1.73. The van der Waals surface area contributed by atoms with Crippen molar-refractivity contribution in [3.05, 3.63) is 23.7 Å². The first-order valence-electron chi connectivity index (χ1n) is 3.34. The predicted octanol–water partition coefficient (Wildman–Crippen LogP) is 1.23. The van der Waals surface area contributed by atoms with Crippen molar-refractivity contribution in [1.82, 2.24) is 5.06 Å². The van der Waals surface area contributed by atoms with Crippen LogP contribution in [0.25, 0.3) is 0 Å². The first-order valence-corrected chi connectivity index (χ1v) is 3.34. The van der Waals surface area contributed by atoms with Crippen LogP contribution in [-0.4, -0.2) is 22.7 Å². The maximum absolute atomic E-state index is 12.6. The lowest BCUT2D eigenvalue weighted by molar-refractivity contribution is -0.0674. The van der Waals surface area contributed by atoms with Gasteiger partial charge in [-0.05, 0) is 11.6 Å². The van der Waals surface area contributed by atoms with E-state index in [0.29, 0.717) is 6.42 Å². The van der Waals surface area contributed by atoms with Gasteiger partial charge in [0, 0.05) is 12.6 Å². The topological polar surface area (TPSA) is 35.8 Å². The van der Waals surface area contributed by atoms with Crippen LogP contribution in [0, 0.1) is 0 Å². The van der Waals surface area contributed by atoms with E-state index in [1.165, 1.54) is 6.08 Å². The predicted molar refractivity (Wildman–Crippen MR) is 37.8 cm³/mol. The minimum Gasteiger partial charge on any atom is -0.286 e. The molecule has 3 nitrogen and oxygen atoms in total. The van der Waals surface area contributed by atoms with Crippen molar-refractivity contribution >= 4 is 6.21 Å². The van der Waals surface area contributed by atoms with E-state index in [9.17, 15) is 4.39 Å². The summed E-state index contributed by atoms with van der Waals surface area (Å²) in [4.78, 5) is 3.94. The molecule has 2 aliphatic heterocycles. The average molecular weight is 154 g/mol. The molecule has 0 amide bonds. The maximum atomic E-state index is 12.6. The van der Waals surface area contributed by atoms with E-state index in [1.807, 2.05) is 0 Å². The molecule has 1 atom stereocenters. The fourth-order valence-corrected chi connectivity index (χ4v) is 1.24. The smallest absolute Gasteiger partial charge is 0.166 e. The molecule has 0 aromatic carbocycles. The highest BCUT2D eigenvalue weighted by Crippen LogP contribution is 2.25. The number of hydrogen-bond acceptors (Lipinski definition) is 3. The third-order valence-corrected chi connectivity index (χ3v) is 1.73. The summed E-state index contributed by atoms with van der Waals surface area (Å²) in [5, 5.41) is 9.90. The Morgan fingerprint density at radius 3 is 3.36 bits per heavy atom. The van der Waals surface area contributed by atoms with Crippen LogP contribution in [0.2, 0.25) is 0 Å². The molecule has 0 fully saturated rings. The molecule has 0 bridgehead atoms. The van der Waals surface area contributed by atoms with Gasteiger partial charge in [0.25, 0.3) is 0 Å². The number of fused-ring (bicyclic) bond motifs is 1. The van der Waals surface area contributed by atoms with E-state index < -0.39 is 5.83 Å². The molecule has 11 heavy (non-hydrogen) atoms. The molecule has 1 N–H and O–H groups in total. The standard InChI is InChI=1S/C7H7FN2O/c8-6-3-5-1-2-9-7(5)10(11)4-6/h2-4,7,11H,1H2. The van der Waals surface area contributed by atoms with Gasteiger partial charge in [0.05, 0.1) is 6.20 Å². The maximum Gasteiger partial charge on any atom is 0.166 e. The van der Waals surface area contributed by atoms with E-state index in [0.717, 1.165) is 16.8 Å². The second-order valence-electron chi connectivity index (χ2n) is 2.52. The van der Waals surface area contributed by atoms with Gasteiger partial charge in [-0.15, -0.1) is 0 Å². The minimum absolute atomic E-state index is 0.380. The monoisotopic (exact) mass is 154 g/mol. The van der Waals surface area contributed by atoms with E-state index in [-0.39, 0.29) is 6.17 Å². The van der Waals surface area contributed by atoms with E-state index in [1.54, 1.807) is 6.21 Å². The van der Waals surface area contributed by atoms with Gasteiger partial charge in [0.1, 0.15) is 5.83 Å². The van der Waals surface area contributed by atoms with E-state index in [4.69, 9.17) is 5.21 Å². The van der Waals surface area contributed by atoms with Crippen molar-refractivity contribution in [1.29, 1.82) is 0 Å². The highest BCUT2D eigenvalue weighted by atomic mass is 19.1. The lowest BCUT2D eigenvalue weighted by Gasteiger charge is -2.22. The van der Waals surface area contributed by atoms with Crippen molar-refractivity contribution in [2.75, 3.05) is 0 Å². The molecule has 2 heterocycles. The molecule has 0 aromatic rings. The third kappa shape index (κ3) is 0.952. The highest BCUT2D eigenvalue weighted by Gasteiger charge is 2.25. The second-order valence-corrected chi connectivity index (χ2v) is 2.52. The van der Waals surface area contributed by atoms with Crippen molar-refractivity contribution in [3.8, 4) is 0 Å². The van der Waals surface area contributed by atoms with Crippen molar-refractivity contribution in [2.45, 2.75) is 12.6 Å². The molecule has 2 rings (SSSR count). The van der Waals surface area contributed by atoms with Crippen LogP contribution in [0.5, 0.6) is 0 Å². The van der Waals surface area contributed by atoms with Gasteiger partial charge in [-0.2, -0.15) is 0 Å².